The van der Waals surface area contributed by atoms with Crippen molar-refractivity contribution in [1.82, 2.24) is 20.2 Å². The Morgan fingerprint density at radius 3 is 2.90 bits per heavy atom. The molecule has 4 rings (SSSR count). The van der Waals surface area contributed by atoms with Gasteiger partial charge in [-0.2, -0.15) is 0 Å². The molecular weight excluding hydrogens is 421 g/mol. The summed E-state index contributed by atoms with van der Waals surface area (Å²) in [5, 5.41) is 5.67. The van der Waals surface area contributed by atoms with Crippen LogP contribution in [0, 0.1) is 5.82 Å². The largest absolute Gasteiger partial charge is 0.379 e. The van der Waals surface area contributed by atoms with Gasteiger partial charge in [0.1, 0.15) is 5.82 Å². The zero-order chi connectivity index (χ0) is 21.8. The summed E-state index contributed by atoms with van der Waals surface area (Å²) in [4.78, 5) is 33.7. The minimum atomic E-state index is -0.432. The van der Waals surface area contributed by atoms with E-state index in [-0.39, 0.29) is 11.6 Å². The minimum absolute atomic E-state index is 0.220. The zero-order valence-electron chi connectivity index (χ0n) is 17.2. The van der Waals surface area contributed by atoms with E-state index in [0.717, 1.165) is 13.1 Å². The van der Waals surface area contributed by atoms with Gasteiger partial charge >= 0.3 is 6.03 Å². The van der Waals surface area contributed by atoms with Gasteiger partial charge in [-0.3, -0.25) is 15.0 Å². The summed E-state index contributed by atoms with van der Waals surface area (Å²) in [6.07, 6.45) is 2.03. The second-order valence-corrected chi connectivity index (χ2v) is 8.24. The molecule has 1 aliphatic rings. The van der Waals surface area contributed by atoms with E-state index in [4.69, 9.17) is 4.74 Å². The predicted molar refractivity (Wildman–Crippen MR) is 119 cm³/mol. The molecular formula is C21H24FN5O3S. The van der Waals surface area contributed by atoms with Gasteiger partial charge in [-0.05, 0) is 37.1 Å². The van der Waals surface area contributed by atoms with Gasteiger partial charge in [-0.15, -0.1) is 0 Å². The van der Waals surface area contributed by atoms with Crippen LogP contribution in [0.25, 0.3) is 21.3 Å². The van der Waals surface area contributed by atoms with Crippen LogP contribution in [-0.2, 0) is 11.2 Å². The standard InChI is InChI=1S/C21H24FN5O3S/c1-2-23-20(29)26-21-25-17-11-15(16(22)12-18(17)31-21)13-3-5-24-19(28)14(13)4-6-27-7-9-30-10-8-27/h3,5,11-12H,2,4,6-10H2,1H3,(H,24,28)(H2,23,25,26,29). The van der Waals surface area contributed by atoms with Gasteiger partial charge in [0.25, 0.3) is 5.56 Å². The quantitative estimate of drug-likeness (QED) is 0.542. The Morgan fingerprint density at radius 1 is 1.32 bits per heavy atom. The molecule has 2 amide bonds. The topological polar surface area (TPSA) is 99.3 Å². The van der Waals surface area contributed by atoms with E-state index in [9.17, 15) is 9.59 Å². The Balaban J connectivity index is 1.64. The lowest BCUT2D eigenvalue weighted by Crippen LogP contribution is -2.38. The molecule has 8 nitrogen and oxygen atoms in total. The van der Waals surface area contributed by atoms with Crippen LogP contribution in [0.2, 0.25) is 0 Å². The van der Waals surface area contributed by atoms with Crippen molar-refractivity contribution in [3.8, 4) is 11.1 Å². The van der Waals surface area contributed by atoms with Crippen LogP contribution in [0.3, 0.4) is 0 Å². The van der Waals surface area contributed by atoms with Crippen LogP contribution in [0.1, 0.15) is 12.5 Å². The van der Waals surface area contributed by atoms with Gasteiger partial charge in [0.2, 0.25) is 0 Å². The van der Waals surface area contributed by atoms with Crippen LogP contribution >= 0.6 is 11.3 Å². The highest BCUT2D eigenvalue weighted by atomic mass is 32.1. The Bertz CT molecular complexity index is 1140. The highest BCUT2D eigenvalue weighted by Crippen LogP contribution is 2.33. The van der Waals surface area contributed by atoms with Crippen LogP contribution < -0.4 is 16.2 Å². The third-order valence-corrected chi connectivity index (χ3v) is 6.10. The molecule has 3 heterocycles. The summed E-state index contributed by atoms with van der Waals surface area (Å²) in [6.45, 7) is 6.01. The molecule has 1 aromatic carbocycles. The highest BCUT2D eigenvalue weighted by molar-refractivity contribution is 7.22. The highest BCUT2D eigenvalue weighted by Gasteiger charge is 2.18. The van der Waals surface area contributed by atoms with Crippen LogP contribution in [0.5, 0.6) is 0 Å². The van der Waals surface area contributed by atoms with Gasteiger partial charge in [-0.25, -0.2) is 14.2 Å². The Labute approximate surface area is 182 Å². The lowest BCUT2D eigenvalue weighted by atomic mass is 9.98. The van der Waals surface area contributed by atoms with Crippen molar-refractivity contribution in [3.05, 3.63) is 46.1 Å². The fourth-order valence-corrected chi connectivity index (χ4v) is 4.48. The molecule has 3 aromatic rings. The smallest absolute Gasteiger partial charge is 0.321 e. The first-order valence-corrected chi connectivity index (χ1v) is 11.0. The molecule has 2 aromatic heterocycles. The molecule has 10 heteroatoms. The molecule has 0 spiro atoms. The van der Waals surface area contributed by atoms with E-state index in [1.165, 1.54) is 23.6 Å². The summed E-state index contributed by atoms with van der Waals surface area (Å²) in [7, 11) is 0. The number of hydrogen-bond donors (Lipinski definition) is 3. The molecule has 1 fully saturated rings. The van der Waals surface area contributed by atoms with Gasteiger partial charge in [0, 0.05) is 43.5 Å². The number of fused-ring (bicyclic) bond motifs is 1. The van der Waals surface area contributed by atoms with E-state index in [1.807, 2.05) is 6.92 Å². The van der Waals surface area contributed by atoms with Gasteiger partial charge in [0.15, 0.2) is 5.13 Å². The van der Waals surface area contributed by atoms with Gasteiger partial charge in [-0.1, -0.05) is 11.3 Å². The first-order valence-electron chi connectivity index (χ1n) is 10.2. The number of hydrogen-bond acceptors (Lipinski definition) is 6. The number of benzene rings is 1. The number of thiazole rings is 1. The van der Waals surface area contributed by atoms with Crippen LogP contribution in [0.15, 0.2) is 29.2 Å². The van der Waals surface area contributed by atoms with Crippen LogP contribution in [0.4, 0.5) is 14.3 Å². The van der Waals surface area contributed by atoms with Crippen molar-refractivity contribution >= 4 is 32.7 Å². The van der Waals surface area contributed by atoms with Crippen molar-refractivity contribution in [2.75, 3.05) is 44.7 Å². The van der Waals surface area contributed by atoms with Crippen molar-refractivity contribution in [2.45, 2.75) is 13.3 Å². The fourth-order valence-electron chi connectivity index (χ4n) is 3.62. The summed E-state index contributed by atoms with van der Waals surface area (Å²) in [6, 6.07) is 4.40. The first-order chi connectivity index (χ1) is 15.0. The number of nitrogens with one attached hydrogen (secondary N) is 3. The number of aromatic amines is 1. The van der Waals surface area contributed by atoms with Crippen molar-refractivity contribution in [3.63, 3.8) is 0 Å². The second-order valence-electron chi connectivity index (χ2n) is 7.21. The van der Waals surface area contributed by atoms with Crippen molar-refractivity contribution < 1.29 is 13.9 Å². The predicted octanol–water partition coefficient (Wildman–Crippen LogP) is 2.81. The van der Waals surface area contributed by atoms with E-state index < -0.39 is 5.82 Å². The normalized spacial score (nSPS) is 14.6. The molecule has 1 aliphatic heterocycles. The Hall–Kier alpha value is -2.82. The molecule has 0 radical (unpaired) electrons. The maximum Gasteiger partial charge on any atom is 0.321 e. The summed E-state index contributed by atoms with van der Waals surface area (Å²) < 4.78 is 21.0. The molecule has 1 saturated heterocycles. The summed E-state index contributed by atoms with van der Waals surface area (Å²) in [5.41, 5.74) is 1.77. The van der Waals surface area contributed by atoms with Gasteiger partial charge in [0.05, 0.1) is 23.4 Å². The number of pyridine rings is 1. The monoisotopic (exact) mass is 445 g/mol. The number of urea groups is 1. The average molecular weight is 446 g/mol. The number of halogens is 1. The Kier molecular flexibility index (Phi) is 6.59. The molecule has 0 saturated carbocycles. The second kappa shape index (κ2) is 9.54. The minimum Gasteiger partial charge on any atom is -0.379 e. The molecule has 0 bridgehead atoms. The number of amides is 2. The number of anilines is 1. The van der Waals surface area contributed by atoms with Crippen molar-refractivity contribution in [2.24, 2.45) is 0 Å². The number of morpholine rings is 1. The molecule has 31 heavy (non-hydrogen) atoms. The van der Waals surface area contributed by atoms with Crippen LogP contribution in [-0.4, -0.2) is 60.3 Å². The lowest BCUT2D eigenvalue weighted by molar-refractivity contribution is 0.0384. The van der Waals surface area contributed by atoms with E-state index in [1.54, 1.807) is 12.1 Å². The molecule has 0 unspecified atom stereocenters. The number of H-pyrrole nitrogens is 1. The number of ether oxygens (including phenoxy) is 1. The maximum atomic E-state index is 15.0. The number of aromatic nitrogens is 2. The number of rotatable bonds is 6. The zero-order valence-corrected chi connectivity index (χ0v) is 18.0. The summed E-state index contributed by atoms with van der Waals surface area (Å²) in [5.74, 6) is -0.432. The average Bonchev–Trinajstić information content (AvgIpc) is 3.13. The SMILES string of the molecule is CCNC(=O)Nc1nc2cc(-c3cc[nH]c(=O)c3CCN3CCOCC3)c(F)cc2s1. The first kappa shape index (κ1) is 21.4. The number of carbonyl (C=O) groups excluding carboxylic acids is 1. The maximum absolute atomic E-state index is 15.0. The van der Waals surface area contributed by atoms with E-state index in [2.05, 4.69) is 25.5 Å². The Morgan fingerprint density at radius 2 is 2.13 bits per heavy atom. The van der Waals surface area contributed by atoms with Crippen molar-refractivity contribution in [1.29, 1.82) is 0 Å². The van der Waals surface area contributed by atoms with E-state index >= 15 is 4.39 Å². The molecule has 0 atom stereocenters. The fraction of sp³-hybridized carbons (Fsp3) is 0.381. The van der Waals surface area contributed by atoms with E-state index in [0.29, 0.717) is 64.8 Å². The summed E-state index contributed by atoms with van der Waals surface area (Å²) >= 11 is 1.20. The third-order valence-electron chi connectivity index (χ3n) is 5.17. The number of nitrogens with zero attached hydrogens (tertiary/aromatic N) is 2. The molecule has 164 valence electrons. The molecule has 0 aliphatic carbocycles. The lowest BCUT2D eigenvalue weighted by Gasteiger charge is -2.26. The van der Waals surface area contributed by atoms with Gasteiger partial charge < -0.3 is 15.0 Å². The molecule has 3 N–H and O–H groups in total. The third kappa shape index (κ3) is 4.92. The number of carbonyl (C=O) groups is 1.